The van der Waals surface area contributed by atoms with Crippen LogP contribution < -0.4 is 4.74 Å². The van der Waals surface area contributed by atoms with Gasteiger partial charge in [0.2, 0.25) is 11.7 Å². The number of pyridine rings is 1. The molecule has 0 saturated heterocycles. The van der Waals surface area contributed by atoms with Gasteiger partial charge < -0.3 is 4.74 Å². The summed E-state index contributed by atoms with van der Waals surface area (Å²) >= 11 is 6.67. The molecule has 0 fully saturated rings. The molecule has 0 aliphatic rings. The lowest BCUT2D eigenvalue weighted by atomic mass is 10.00. The molecule has 10 heteroatoms. The van der Waals surface area contributed by atoms with Crippen LogP contribution in [0.4, 0.5) is 13.2 Å². The second-order valence-electron chi connectivity index (χ2n) is 7.10. The highest BCUT2D eigenvalue weighted by Gasteiger charge is 2.30. The quantitative estimate of drug-likeness (QED) is 0.416. The van der Waals surface area contributed by atoms with E-state index in [9.17, 15) is 18.0 Å². The van der Waals surface area contributed by atoms with Crippen molar-refractivity contribution in [3.05, 3.63) is 81.1 Å². The van der Waals surface area contributed by atoms with E-state index in [0.29, 0.717) is 38.3 Å². The number of halogens is 4. The van der Waals surface area contributed by atoms with Crippen molar-refractivity contribution >= 4 is 28.3 Å². The lowest BCUT2D eigenvalue weighted by molar-refractivity contribution is -0.137. The maximum Gasteiger partial charge on any atom is 0.416 e. The Morgan fingerprint density at radius 1 is 1.12 bits per heavy atom. The lowest BCUT2D eigenvalue weighted by Gasteiger charge is -2.14. The number of hydrogen-bond donors (Lipinski definition) is 1. The zero-order chi connectivity index (χ0) is 23.0. The highest BCUT2D eigenvalue weighted by Crippen LogP contribution is 2.35. The number of carbonyl (C=O) groups is 1. The average Bonchev–Trinajstić information content (AvgIpc) is 3.20. The van der Waals surface area contributed by atoms with Gasteiger partial charge in [0.05, 0.1) is 28.9 Å². The van der Waals surface area contributed by atoms with E-state index in [1.807, 2.05) is 0 Å². The Bertz CT molecular complexity index is 1320. The summed E-state index contributed by atoms with van der Waals surface area (Å²) in [6.07, 6.45) is -4.22. The highest BCUT2D eigenvalue weighted by atomic mass is 35.5. The summed E-state index contributed by atoms with van der Waals surface area (Å²) in [6, 6.07) is 9.66. The van der Waals surface area contributed by atoms with Crippen molar-refractivity contribution < 1.29 is 22.7 Å². The number of methoxy groups -OCH3 is 1. The molecule has 4 aromatic rings. The zero-order valence-corrected chi connectivity index (χ0v) is 17.7. The van der Waals surface area contributed by atoms with Gasteiger partial charge in [-0.3, -0.25) is 4.79 Å². The summed E-state index contributed by atoms with van der Waals surface area (Å²) in [4.78, 5) is 17.2. The van der Waals surface area contributed by atoms with Crippen LogP contribution >= 0.6 is 11.6 Å². The fourth-order valence-corrected chi connectivity index (χ4v) is 3.66. The minimum atomic E-state index is -4.41. The molecule has 2 heterocycles. The molecule has 0 radical (unpaired) electrons. The number of carbonyl (C=O) groups excluding carboxylic acids is 1. The number of nitrogens with one attached hydrogen (secondary N) is 1. The Labute approximate surface area is 185 Å². The Balaban J connectivity index is 1.76. The Morgan fingerprint density at radius 2 is 1.84 bits per heavy atom. The Hall–Kier alpha value is -3.46. The molecule has 4 rings (SSSR count). The smallest absolute Gasteiger partial charge is 0.416 e. The number of H-pyrrole nitrogens is 1. The minimum Gasteiger partial charge on any atom is -0.481 e. The number of ketones is 1. The van der Waals surface area contributed by atoms with E-state index in [-0.39, 0.29) is 23.8 Å². The number of nitrogens with zero attached hydrogens (tertiary/aromatic N) is 3. The largest absolute Gasteiger partial charge is 0.481 e. The molecule has 0 atom stereocenters. The van der Waals surface area contributed by atoms with Crippen molar-refractivity contribution in [1.82, 2.24) is 20.4 Å². The molecular weight excluding hydrogens is 445 g/mol. The van der Waals surface area contributed by atoms with E-state index in [1.54, 1.807) is 25.1 Å². The number of hydrogen-bond acceptors (Lipinski definition) is 5. The average molecular weight is 461 g/mol. The van der Waals surface area contributed by atoms with E-state index in [4.69, 9.17) is 16.3 Å². The summed E-state index contributed by atoms with van der Waals surface area (Å²) in [5, 5.41) is 11.0. The normalized spacial score (nSPS) is 11.7. The maximum absolute atomic E-state index is 12.8. The SMILES string of the molecule is COc1nc2ccc(C(=O)c3n[nH]nc3C)cc2c(Cl)c1Cc1ccc(C(F)(F)F)cc1. The standard InChI is InChI=1S/C22H16ClF3N4O2/c1-11-19(29-30-28-11)20(31)13-5-8-17-15(10-13)18(23)16(21(27-17)32-2)9-12-3-6-14(7-4-12)22(24,25)26/h3-8,10H,9H2,1-2H3,(H,28,29,30). The number of fused-ring (bicyclic) bond motifs is 1. The molecule has 1 N–H and O–H groups in total. The maximum atomic E-state index is 12.8. The van der Waals surface area contributed by atoms with Gasteiger partial charge in [0.15, 0.2) is 5.69 Å². The molecule has 164 valence electrons. The monoisotopic (exact) mass is 460 g/mol. The van der Waals surface area contributed by atoms with Crippen molar-refractivity contribution in [3.63, 3.8) is 0 Å². The first kappa shape index (κ1) is 21.8. The second kappa shape index (κ2) is 8.23. The summed E-state index contributed by atoms with van der Waals surface area (Å²) < 4.78 is 43.9. The fraction of sp³-hybridized carbons (Fsp3) is 0.182. The van der Waals surface area contributed by atoms with Gasteiger partial charge in [-0.05, 0) is 42.8 Å². The van der Waals surface area contributed by atoms with Crippen LogP contribution in [-0.4, -0.2) is 33.3 Å². The molecule has 0 spiro atoms. The van der Waals surface area contributed by atoms with E-state index in [0.717, 1.165) is 12.1 Å². The molecule has 2 aromatic carbocycles. The summed E-state index contributed by atoms with van der Waals surface area (Å²) in [5.41, 5.74) is 1.90. The number of aromatic amines is 1. The van der Waals surface area contributed by atoms with Crippen molar-refractivity contribution in [2.75, 3.05) is 7.11 Å². The van der Waals surface area contributed by atoms with Gasteiger partial charge in [-0.2, -0.15) is 28.6 Å². The number of alkyl halides is 3. The van der Waals surface area contributed by atoms with Crippen LogP contribution in [-0.2, 0) is 12.6 Å². The van der Waals surface area contributed by atoms with Crippen molar-refractivity contribution in [2.45, 2.75) is 19.5 Å². The molecule has 6 nitrogen and oxygen atoms in total. The molecule has 0 bridgehead atoms. The van der Waals surface area contributed by atoms with Crippen LogP contribution in [0.1, 0.15) is 38.4 Å². The van der Waals surface area contributed by atoms with Crippen molar-refractivity contribution in [3.8, 4) is 5.88 Å². The number of aromatic nitrogens is 4. The van der Waals surface area contributed by atoms with Crippen LogP contribution in [0.5, 0.6) is 5.88 Å². The van der Waals surface area contributed by atoms with Crippen molar-refractivity contribution in [2.24, 2.45) is 0 Å². The third-order valence-corrected chi connectivity index (χ3v) is 5.46. The number of rotatable bonds is 5. The molecule has 0 unspecified atom stereocenters. The Kier molecular flexibility index (Phi) is 5.60. The molecule has 0 aliphatic heterocycles. The van der Waals surface area contributed by atoms with Gasteiger partial charge in [0, 0.05) is 22.9 Å². The van der Waals surface area contributed by atoms with Gasteiger partial charge >= 0.3 is 6.18 Å². The molecular formula is C22H16ClF3N4O2. The molecule has 0 amide bonds. The van der Waals surface area contributed by atoms with Gasteiger partial charge in [-0.25, -0.2) is 4.98 Å². The second-order valence-corrected chi connectivity index (χ2v) is 7.48. The van der Waals surface area contributed by atoms with Crippen molar-refractivity contribution in [1.29, 1.82) is 0 Å². The van der Waals surface area contributed by atoms with Gasteiger partial charge in [-0.15, -0.1) is 0 Å². The lowest BCUT2D eigenvalue weighted by Crippen LogP contribution is -2.06. The van der Waals surface area contributed by atoms with E-state index < -0.39 is 11.7 Å². The number of ether oxygens (including phenoxy) is 1. The first-order chi connectivity index (χ1) is 15.2. The van der Waals surface area contributed by atoms with E-state index >= 15 is 0 Å². The highest BCUT2D eigenvalue weighted by molar-refractivity contribution is 6.36. The van der Waals surface area contributed by atoms with Gasteiger partial charge in [-0.1, -0.05) is 23.7 Å². The van der Waals surface area contributed by atoms with Crippen LogP contribution in [0, 0.1) is 6.92 Å². The minimum absolute atomic E-state index is 0.198. The Morgan fingerprint density at radius 3 is 2.44 bits per heavy atom. The van der Waals surface area contributed by atoms with Crippen LogP contribution in [0.2, 0.25) is 5.02 Å². The van der Waals surface area contributed by atoms with E-state index in [2.05, 4.69) is 20.4 Å². The molecule has 2 aromatic heterocycles. The topological polar surface area (TPSA) is 80.8 Å². The predicted molar refractivity (Wildman–Crippen MR) is 112 cm³/mol. The molecule has 0 aliphatic carbocycles. The van der Waals surface area contributed by atoms with Gasteiger partial charge in [0.1, 0.15) is 0 Å². The predicted octanol–water partition coefficient (Wildman–Crippen LogP) is 5.16. The van der Waals surface area contributed by atoms with Gasteiger partial charge in [0.25, 0.3) is 0 Å². The first-order valence-corrected chi connectivity index (χ1v) is 9.81. The first-order valence-electron chi connectivity index (χ1n) is 9.43. The number of benzene rings is 2. The van der Waals surface area contributed by atoms with Crippen LogP contribution in [0.15, 0.2) is 42.5 Å². The van der Waals surface area contributed by atoms with Crippen LogP contribution in [0.25, 0.3) is 10.9 Å². The third-order valence-electron chi connectivity index (χ3n) is 5.03. The fourth-order valence-electron chi connectivity index (χ4n) is 3.36. The van der Waals surface area contributed by atoms with Crippen LogP contribution in [0.3, 0.4) is 0 Å². The zero-order valence-electron chi connectivity index (χ0n) is 16.9. The molecule has 0 saturated carbocycles. The summed E-state index contributed by atoms with van der Waals surface area (Å²) in [7, 11) is 1.44. The third kappa shape index (κ3) is 4.03. The number of aryl methyl sites for hydroxylation is 1. The van der Waals surface area contributed by atoms with E-state index in [1.165, 1.54) is 19.2 Å². The molecule has 32 heavy (non-hydrogen) atoms. The summed E-state index contributed by atoms with van der Waals surface area (Å²) in [5.74, 6) is -0.0665. The summed E-state index contributed by atoms with van der Waals surface area (Å²) in [6.45, 7) is 1.67.